The lowest BCUT2D eigenvalue weighted by atomic mass is 9.98. The Morgan fingerprint density at radius 2 is 2.06 bits per heavy atom. The van der Waals surface area contributed by atoms with Gasteiger partial charge in [0.1, 0.15) is 11.5 Å². The van der Waals surface area contributed by atoms with Crippen molar-refractivity contribution in [2.75, 3.05) is 32.5 Å². The number of hydrogen-bond acceptors (Lipinski definition) is 6. The Balaban J connectivity index is 0.00000361. The largest absolute Gasteiger partial charge is 0.457 e. The van der Waals surface area contributed by atoms with Crippen LogP contribution in [0.5, 0.6) is 11.5 Å². The summed E-state index contributed by atoms with van der Waals surface area (Å²) in [6, 6.07) is 15.4. The van der Waals surface area contributed by atoms with Gasteiger partial charge in [0.25, 0.3) is 5.91 Å². The summed E-state index contributed by atoms with van der Waals surface area (Å²) in [4.78, 5) is 19.8. The van der Waals surface area contributed by atoms with Gasteiger partial charge in [0.2, 0.25) is 0 Å². The first-order chi connectivity index (χ1) is 17.0. The van der Waals surface area contributed by atoms with Crippen LogP contribution in [0, 0.1) is 5.41 Å². The molecule has 35 heavy (non-hydrogen) atoms. The van der Waals surface area contributed by atoms with Gasteiger partial charge in [-0.25, -0.2) is 0 Å². The van der Waals surface area contributed by atoms with Gasteiger partial charge in [0, 0.05) is 68.0 Å². The summed E-state index contributed by atoms with van der Waals surface area (Å²) in [5.74, 6) is 1.33. The fourth-order valence-electron chi connectivity index (χ4n) is 4.52. The summed E-state index contributed by atoms with van der Waals surface area (Å²) in [5.41, 5.74) is 5.07. The number of aromatic nitrogens is 1. The molecule has 3 N–H and O–H groups in total. The van der Waals surface area contributed by atoms with E-state index in [2.05, 4.69) is 34.5 Å². The third-order valence-corrected chi connectivity index (χ3v) is 6.40. The van der Waals surface area contributed by atoms with E-state index >= 15 is 0 Å². The number of carbonyl (C=O) groups excluding carboxylic acids is 1. The van der Waals surface area contributed by atoms with Gasteiger partial charge >= 0.3 is 0 Å². The number of amides is 1. The lowest BCUT2D eigenvalue weighted by molar-refractivity contribution is 0.0911. The van der Waals surface area contributed by atoms with E-state index in [9.17, 15) is 4.79 Å². The number of nitrogens with zero attached hydrogens (tertiary/aromatic N) is 2. The predicted molar refractivity (Wildman–Crippen MR) is 143 cm³/mol. The molecule has 3 aromatic rings. The summed E-state index contributed by atoms with van der Waals surface area (Å²) in [6.07, 6.45) is 5.91. The minimum Gasteiger partial charge on any atom is -0.457 e. The molecule has 0 aliphatic carbocycles. The number of nitrogens with one attached hydrogen (secondary N) is 3. The number of benzene rings is 2. The fourth-order valence-corrected chi connectivity index (χ4v) is 4.52. The molecular weight excluding hydrogens is 438 g/mol. The minimum absolute atomic E-state index is 0. The van der Waals surface area contributed by atoms with Crippen molar-refractivity contribution in [1.82, 2.24) is 15.2 Å². The maximum atomic E-state index is 13.0. The Kier molecular flexibility index (Phi) is 7.77. The third kappa shape index (κ3) is 5.87. The molecule has 1 aromatic heterocycles. The summed E-state index contributed by atoms with van der Waals surface area (Å²) < 4.78 is 6.07. The van der Waals surface area contributed by atoms with Crippen molar-refractivity contribution in [3.63, 3.8) is 0 Å². The highest BCUT2D eigenvalue weighted by atomic mass is 16.5. The van der Waals surface area contributed by atoms with Gasteiger partial charge in [-0.2, -0.15) is 0 Å². The van der Waals surface area contributed by atoms with Crippen LogP contribution >= 0.6 is 0 Å². The van der Waals surface area contributed by atoms with E-state index in [0.717, 1.165) is 66.0 Å². The van der Waals surface area contributed by atoms with E-state index in [1.807, 2.05) is 55.6 Å². The predicted octanol–water partition coefficient (Wildman–Crippen LogP) is 5.21. The maximum Gasteiger partial charge on any atom is 0.251 e. The first-order valence-electron chi connectivity index (χ1n) is 12.1. The van der Waals surface area contributed by atoms with E-state index in [0.29, 0.717) is 11.5 Å². The molecule has 1 aliphatic rings. The molecule has 0 spiro atoms. The third-order valence-electron chi connectivity index (χ3n) is 6.40. The number of anilines is 1. The molecule has 4 rings (SSSR count). The highest BCUT2D eigenvalue weighted by molar-refractivity contribution is 5.96. The summed E-state index contributed by atoms with van der Waals surface area (Å²) in [5, 5.41) is 13.8. The SMILES string of the molecule is CCc1cc(-c2cc(Oc3ccc(C=N)c(NC)c3)ccn2)ccc1C(=O)NC1CCCN(C)C1.[HH]. The number of likely N-dealkylation sites (N-methyl/N-ethyl adjacent to an activating group) is 1. The van der Waals surface area contributed by atoms with Crippen molar-refractivity contribution < 1.29 is 11.0 Å². The Bertz CT molecular complexity index is 1220. The molecule has 7 nitrogen and oxygen atoms in total. The van der Waals surface area contributed by atoms with E-state index in [1.54, 1.807) is 6.20 Å². The normalized spacial score (nSPS) is 15.9. The molecule has 7 heteroatoms. The Morgan fingerprint density at radius 3 is 2.80 bits per heavy atom. The van der Waals surface area contributed by atoms with Crippen molar-refractivity contribution >= 4 is 17.8 Å². The van der Waals surface area contributed by atoms with Crippen LogP contribution in [0.4, 0.5) is 5.69 Å². The fraction of sp³-hybridized carbons (Fsp3) is 0.321. The molecule has 0 radical (unpaired) electrons. The van der Waals surface area contributed by atoms with Gasteiger partial charge in [-0.3, -0.25) is 9.78 Å². The van der Waals surface area contributed by atoms with Crippen LogP contribution in [0.15, 0.2) is 54.7 Å². The number of aryl methyl sites for hydroxylation is 1. The number of likely N-dealkylation sites (tertiary alicyclic amines) is 1. The molecular formula is C28H35N5O2. The van der Waals surface area contributed by atoms with Crippen LogP contribution in [-0.2, 0) is 6.42 Å². The van der Waals surface area contributed by atoms with Crippen molar-refractivity contribution in [3.05, 3.63) is 71.4 Å². The molecule has 1 unspecified atom stereocenters. The molecule has 1 saturated heterocycles. The van der Waals surface area contributed by atoms with Gasteiger partial charge in [-0.15, -0.1) is 0 Å². The molecule has 0 saturated carbocycles. The molecule has 1 aliphatic heterocycles. The maximum absolute atomic E-state index is 13.0. The molecule has 184 valence electrons. The number of pyridine rings is 1. The van der Waals surface area contributed by atoms with Gasteiger partial charge in [0.15, 0.2) is 0 Å². The summed E-state index contributed by atoms with van der Waals surface area (Å²) >= 11 is 0. The average molecular weight is 474 g/mol. The molecule has 1 atom stereocenters. The second-order valence-corrected chi connectivity index (χ2v) is 8.92. The first-order valence-corrected chi connectivity index (χ1v) is 12.1. The number of carbonyl (C=O) groups is 1. The number of rotatable bonds is 8. The Morgan fingerprint density at radius 1 is 1.23 bits per heavy atom. The van der Waals surface area contributed by atoms with Gasteiger partial charge in [-0.05, 0) is 68.8 Å². The summed E-state index contributed by atoms with van der Waals surface area (Å²) in [7, 11) is 3.92. The van der Waals surface area contributed by atoms with Gasteiger partial charge in [-0.1, -0.05) is 13.0 Å². The molecule has 1 amide bonds. The second-order valence-electron chi connectivity index (χ2n) is 8.92. The standard InChI is InChI=1S/C28H33N5O2.H2/c1-4-19-14-20(8-10-25(19)28(34)32-22-6-5-13-33(3)18-22)27-16-24(11-12-31-27)35-23-9-7-21(17-29)26(15-23)30-2;/h7-12,14-17,22,29-30H,4-6,13,18H2,1-3H3,(H,32,34);1H. The second kappa shape index (κ2) is 11.1. The van der Waals surface area contributed by atoms with E-state index in [4.69, 9.17) is 10.1 Å². The zero-order valence-corrected chi connectivity index (χ0v) is 20.6. The number of hydrogen-bond donors (Lipinski definition) is 3. The van der Waals surface area contributed by atoms with Gasteiger partial charge in [0.05, 0.1) is 5.69 Å². The van der Waals surface area contributed by atoms with Gasteiger partial charge < -0.3 is 25.7 Å². The van der Waals surface area contributed by atoms with Crippen LogP contribution < -0.4 is 15.4 Å². The Labute approximate surface area is 208 Å². The van der Waals surface area contributed by atoms with E-state index in [1.165, 1.54) is 6.21 Å². The van der Waals surface area contributed by atoms with Crippen LogP contribution in [-0.4, -0.2) is 55.2 Å². The zero-order valence-electron chi connectivity index (χ0n) is 20.6. The average Bonchev–Trinajstić information content (AvgIpc) is 2.88. The van der Waals surface area contributed by atoms with Crippen molar-refractivity contribution in [3.8, 4) is 22.8 Å². The van der Waals surface area contributed by atoms with E-state index < -0.39 is 0 Å². The lowest BCUT2D eigenvalue weighted by Crippen LogP contribution is -2.46. The minimum atomic E-state index is -0.00699. The van der Waals surface area contributed by atoms with Crippen LogP contribution in [0.1, 0.15) is 42.7 Å². The summed E-state index contributed by atoms with van der Waals surface area (Å²) in [6.45, 7) is 4.04. The lowest BCUT2D eigenvalue weighted by Gasteiger charge is -2.30. The smallest absolute Gasteiger partial charge is 0.251 e. The van der Waals surface area contributed by atoms with E-state index in [-0.39, 0.29) is 13.4 Å². The highest BCUT2D eigenvalue weighted by Gasteiger charge is 2.21. The Hall–Kier alpha value is -3.71. The highest BCUT2D eigenvalue weighted by Crippen LogP contribution is 2.29. The van der Waals surface area contributed by atoms with Crippen LogP contribution in [0.2, 0.25) is 0 Å². The first kappa shape index (κ1) is 24.4. The molecule has 2 heterocycles. The topological polar surface area (TPSA) is 90.3 Å². The molecule has 2 aromatic carbocycles. The van der Waals surface area contributed by atoms with Crippen molar-refractivity contribution in [1.29, 1.82) is 5.41 Å². The number of piperidine rings is 1. The number of ether oxygens (including phenoxy) is 1. The van der Waals surface area contributed by atoms with Crippen molar-refractivity contribution in [2.45, 2.75) is 32.2 Å². The van der Waals surface area contributed by atoms with Crippen LogP contribution in [0.3, 0.4) is 0 Å². The van der Waals surface area contributed by atoms with Crippen LogP contribution in [0.25, 0.3) is 11.3 Å². The zero-order chi connectivity index (χ0) is 24.8. The quantitative estimate of drug-likeness (QED) is 0.391. The monoisotopic (exact) mass is 473 g/mol. The van der Waals surface area contributed by atoms with Crippen molar-refractivity contribution in [2.24, 2.45) is 0 Å². The molecule has 0 bridgehead atoms. The molecule has 1 fully saturated rings.